The first-order valence-electron chi connectivity index (χ1n) is 4.83. The van der Waals surface area contributed by atoms with Gasteiger partial charge in [-0.3, -0.25) is 4.90 Å². The molecule has 3 nitrogen and oxygen atoms in total. The van der Waals surface area contributed by atoms with Crippen molar-refractivity contribution in [3.05, 3.63) is 0 Å². The van der Waals surface area contributed by atoms with E-state index in [4.69, 9.17) is 0 Å². The van der Waals surface area contributed by atoms with Gasteiger partial charge in [0.2, 0.25) is 0 Å². The van der Waals surface area contributed by atoms with E-state index in [0.29, 0.717) is 6.04 Å². The molecule has 0 radical (unpaired) electrons. The Morgan fingerprint density at radius 3 is 2.83 bits per heavy atom. The fourth-order valence-electron chi connectivity index (χ4n) is 1.82. The van der Waals surface area contributed by atoms with Crippen LogP contribution >= 0.6 is 0 Å². The molecule has 0 saturated carbocycles. The minimum absolute atomic E-state index is 0.707. The molecule has 1 unspecified atom stereocenters. The van der Waals surface area contributed by atoms with Gasteiger partial charge in [0.25, 0.3) is 0 Å². The van der Waals surface area contributed by atoms with E-state index in [-0.39, 0.29) is 0 Å². The van der Waals surface area contributed by atoms with E-state index in [2.05, 4.69) is 36.1 Å². The Hall–Kier alpha value is -0.120. The fourth-order valence-corrected chi connectivity index (χ4v) is 1.82. The van der Waals surface area contributed by atoms with Crippen molar-refractivity contribution in [1.82, 2.24) is 15.1 Å². The normalized spacial score (nSPS) is 26.5. The number of hydrogen-bond acceptors (Lipinski definition) is 3. The Balaban J connectivity index is 2.36. The van der Waals surface area contributed by atoms with Gasteiger partial charge in [0.05, 0.1) is 0 Å². The van der Waals surface area contributed by atoms with Crippen molar-refractivity contribution >= 4 is 0 Å². The van der Waals surface area contributed by atoms with Crippen LogP contribution in [0.1, 0.15) is 6.92 Å². The van der Waals surface area contributed by atoms with Crippen LogP contribution in [0.15, 0.2) is 0 Å². The highest BCUT2D eigenvalue weighted by atomic mass is 15.2. The predicted octanol–water partition coefficient (Wildman–Crippen LogP) is -0.158. The number of likely N-dealkylation sites (N-methyl/N-ethyl adjacent to an activating group) is 2. The fraction of sp³-hybridized carbons (Fsp3) is 1.00. The van der Waals surface area contributed by atoms with Gasteiger partial charge in [0, 0.05) is 32.2 Å². The van der Waals surface area contributed by atoms with Gasteiger partial charge < -0.3 is 10.2 Å². The van der Waals surface area contributed by atoms with Crippen molar-refractivity contribution in [1.29, 1.82) is 0 Å². The third-order valence-electron chi connectivity index (χ3n) is 2.45. The third kappa shape index (κ3) is 2.73. The lowest BCUT2D eigenvalue weighted by molar-refractivity contribution is 0.140. The maximum atomic E-state index is 3.44. The summed E-state index contributed by atoms with van der Waals surface area (Å²) in [7, 11) is 4.28. The van der Waals surface area contributed by atoms with Crippen LogP contribution in [0.2, 0.25) is 0 Å². The van der Waals surface area contributed by atoms with Crippen molar-refractivity contribution in [2.75, 3.05) is 46.8 Å². The lowest BCUT2D eigenvalue weighted by Gasteiger charge is -2.36. The van der Waals surface area contributed by atoms with Crippen LogP contribution in [0.3, 0.4) is 0 Å². The summed E-state index contributed by atoms with van der Waals surface area (Å²) in [5.74, 6) is 0. The van der Waals surface area contributed by atoms with Gasteiger partial charge in [-0.2, -0.15) is 0 Å². The quantitative estimate of drug-likeness (QED) is 0.637. The van der Waals surface area contributed by atoms with E-state index in [1.54, 1.807) is 0 Å². The molecular formula is C9H21N3. The van der Waals surface area contributed by atoms with Crippen molar-refractivity contribution in [2.45, 2.75) is 13.0 Å². The molecule has 0 aromatic heterocycles. The average molecular weight is 171 g/mol. The lowest BCUT2D eigenvalue weighted by atomic mass is 10.2. The van der Waals surface area contributed by atoms with Crippen molar-refractivity contribution in [3.63, 3.8) is 0 Å². The molecule has 1 aliphatic rings. The maximum absolute atomic E-state index is 3.44. The zero-order valence-electron chi connectivity index (χ0n) is 8.51. The molecule has 12 heavy (non-hydrogen) atoms. The van der Waals surface area contributed by atoms with Gasteiger partial charge >= 0.3 is 0 Å². The highest BCUT2D eigenvalue weighted by molar-refractivity contribution is 4.80. The molecular weight excluding hydrogens is 150 g/mol. The Bertz CT molecular complexity index is 125. The van der Waals surface area contributed by atoms with Crippen molar-refractivity contribution < 1.29 is 0 Å². The Labute approximate surface area is 75.7 Å². The van der Waals surface area contributed by atoms with Gasteiger partial charge in [-0.15, -0.1) is 0 Å². The molecule has 72 valence electrons. The molecule has 0 aromatic rings. The molecule has 3 heteroatoms. The smallest absolute Gasteiger partial charge is 0.0348 e. The zero-order chi connectivity index (χ0) is 8.97. The summed E-state index contributed by atoms with van der Waals surface area (Å²) in [6.07, 6.45) is 0. The van der Waals surface area contributed by atoms with Crippen molar-refractivity contribution in [2.24, 2.45) is 0 Å². The summed E-state index contributed by atoms with van der Waals surface area (Å²) >= 11 is 0. The standard InChI is InChI=1S/C9H21N3/c1-4-12-6-5-10-7-9(12)8-11(2)3/h9-10H,4-8H2,1-3H3. The zero-order valence-corrected chi connectivity index (χ0v) is 8.51. The Morgan fingerprint density at radius 1 is 1.50 bits per heavy atom. The number of rotatable bonds is 3. The largest absolute Gasteiger partial charge is 0.314 e. The number of nitrogens with one attached hydrogen (secondary N) is 1. The molecule has 1 rings (SSSR count). The molecule has 1 aliphatic heterocycles. The molecule has 1 heterocycles. The second kappa shape index (κ2) is 4.80. The molecule has 0 bridgehead atoms. The number of nitrogens with zero attached hydrogens (tertiary/aromatic N) is 2. The summed E-state index contributed by atoms with van der Waals surface area (Å²) in [5, 5.41) is 3.44. The lowest BCUT2D eigenvalue weighted by Crippen LogP contribution is -2.54. The highest BCUT2D eigenvalue weighted by Gasteiger charge is 2.20. The SMILES string of the molecule is CCN1CCNCC1CN(C)C. The van der Waals surface area contributed by atoms with Gasteiger partial charge in [0.1, 0.15) is 0 Å². The summed E-state index contributed by atoms with van der Waals surface area (Å²) in [6.45, 7) is 8.09. The van der Waals surface area contributed by atoms with Crippen LogP contribution in [0.5, 0.6) is 0 Å². The summed E-state index contributed by atoms with van der Waals surface area (Å²) in [4.78, 5) is 4.82. The van der Waals surface area contributed by atoms with Crippen LogP contribution in [0.25, 0.3) is 0 Å². The minimum Gasteiger partial charge on any atom is -0.314 e. The third-order valence-corrected chi connectivity index (χ3v) is 2.45. The molecule has 0 aliphatic carbocycles. The van der Waals surface area contributed by atoms with Crippen LogP contribution < -0.4 is 5.32 Å². The monoisotopic (exact) mass is 171 g/mol. The van der Waals surface area contributed by atoms with E-state index in [1.165, 1.54) is 19.6 Å². The van der Waals surface area contributed by atoms with Crippen LogP contribution in [0.4, 0.5) is 0 Å². The molecule has 0 aromatic carbocycles. The first kappa shape index (κ1) is 9.96. The van der Waals surface area contributed by atoms with E-state index < -0.39 is 0 Å². The van der Waals surface area contributed by atoms with Crippen molar-refractivity contribution in [3.8, 4) is 0 Å². The molecule has 1 saturated heterocycles. The van der Waals surface area contributed by atoms with Gasteiger partial charge in [-0.25, -0.2) is 0 Å². The predicted molar refractivity (Wildman–Crippen MR) is 52.5 cm³/mol. The van der Waals surface area contributed by atoms with Gasteiger partial charge in [-0.05, 0) is 20.6 Å². The minimum atomic E-state index is 0.707. The molecule has 1 N–H and O–H groups in total. The van der Waals surface area contributed by atoms with E-state index >= 15 is 0 Å². The Kier molecular flexibility index (Phi) is 3.98. The first-order valence-corrected chi connectivity index (χ1v) is 4.83. The molecule has 1 fully saturated rings. The highest BCUT2D eigenvalue weighted by Crippen LogP contribution is 2.02. The molecule has 0 amide bonds. The molecule has 0 spiro atoms. The summed E-state index contributed by atoms with van der Waals surface area (Å²) in [5.41, 5.74) is 0. The summed E-state index contributed by atoms with van der Waals surface area (Å²) in [6, 6.07) is 0.707. The van der Waals surface area contributed by atoms with Gasteiger partial charge in [0.15, 0.2) is 0 Å². The maximum Gasteiger partial charge on any atom is 0.0348 e. The second-order valence-electron chi connectivity index (χ2n) is 3.75. The van der Waals surface area contributed by atoms with E-state index in [0.717, 1.165) is 13.1 Å². The average Bonchev–Trinajstić information content (AvgIpc) is 2.04. The Morgan fingerprint density at radius 2 is 2.25 bits per heavy atom. The van der Waals surface area contributed by atoms with E-state index in [1.807, 2.05) is 0 Å². The molecule has 1 atom stereocenters. The first-order chi connectivity index (χ1) is 5.74. The van der Waals surface area contributed by atoms with Crippen LogP contribution in [0, 0.1) is 0 Å². The van der Waals surface area contributed by atoms with E-state index in [9.17, 15) is 0 Å². The van der Waals surface area contributed by atoms with Crippen LogP contribution in [-0.4, -0.2) is 62.7 Å². The van der Waals surface area contributed by atoms with Crippen LogP contribution in [-0.2, 0) is 0 Å². The number of piperazine rings is 1. The second-order valence-corrected chi connectivity index (χ2v) is 3.75. The topological polar surface area (TPSA) is 18.5 Å². The van der Waals surface area contributed by atoms with Gasteiger partial charge in [-0.1, -0.05) is 6.92 Å². The summed E-state index contributed by atoms with van der Waals surface area (Å²) < 4.78 is 0. The number of hydrogen-bond donors (Lipinski definition) is 1.